The molecule has 21 heavy (non-hydrogen) atoms. The number of benzene rings is 1. The van der Waals surface area contributed by atoms with Crippen molar-refractivity contribution >= 4 is 5.69 Å². The van der Waals surface area contributed by atoms with Crippen molar-refractivity contribution in [3.8, 4) is 11.5 Å². The Balaban J connectivity index is 2.16. The quantitative estimate of drug-likeness (QED) is 0.884. The number of halogens is 2. The van der Waals surface area contributed by atoms with Crippen LogP contribution < -0.4 is 14.8 Å². The summed E-state index contributed by atoms with van der Waals surface area (Å²) < 4.78 is 34.5. The van der Waals surface area contributed by atoms with Crippen LogP contribution in [-0.4, -0.2) is 18.7 Å². The van der Waals surface area contributed by atoms with Gasteiger partial charge >= 0.3 is 6.61 Å². The molecule has 0 radical (unpaired) electrons. The van der Waals surface area contributed by atoms with Gasteiger partial charge in [-0.3, -0.25) is 4.98 Å². The van der Waals surface area contributed by atoms with E-state index in [-0.39, 0.29) is 5.75 Å². The standard InChI is InChI=1S/C15H16F2N2O2/c1-10-7-12(5-6-18-10)19-9-11-8-13(20-2)3-4-14(11)21-15(16)17/h3-8,15H,9H2,1-2H3,(H,18,19). The molecule has 1 N–H and O–H groups in total. The number of aryl methyl sites for hydroxylation is 1. The van der Waals surface area contributed by atoms with Crippen LogP contribution >= 0.6 is 0 Å². The lowest BCUT2D eigenvalue weighted by atomic mass is 10.2. The van der Waals surface area contributed by atoms with E-state index in [0.717, 1.165) is 11.4 Å². The molecule has 2 rings (SSSR count). The zero-order valence-electron chi connectivity index (χ0n) is 11.8. The van der Waals surface area contributed by atoms with Gasteiger partial charge in [-0.1, -0.05) is 0 Å². The minimum absolute atomic E-state index is 0.129. The monoisotopic (exact) mass is 294 g/mol. The van der Waals surface area contributed by atoms with Crippen LogP contribution in [-0.2, 0) is 6.54 Å². The van der Waals surface area contributed by atoms with Crippen LogP contribution in [0.4, 0.5) is 14.5 Å². The first kappa shape index (κ1) is 15.0. The minimum atomic E-state index is -2.86. The third-order valence-corrected chi connectivity index (χ3v) is 2.86. The summed E-state index contributed by atoms with van der Waals surface area (Å²) in [5, 5.41) is 3.15. The van der Waals surface area contributed by atoms with Crippen molar-refractivity contribution in [2.24, 2.45) is 0 Å². The van der Waals surface area contributed by atoms with Gasteiger partial charge in [-0.2, -0.15) is 8.78 Å². The molecule has 6 heteroatoms. The number of hydrogen-bond donors (Lipinski definition) is 1. The molecule has 0 spiro atoms. The molecule has 0 fully saturated rings. The molecule has 2 aromatic rings. The van der Waals surface area contributed by atoms with Crippen LogP contribution in [0.1, 0.15) is 11.3 Å². The molecule has 0 unspecified atom stereocenters. The van der Waals surface area contributed by atoms with E-state index in [0.29, 0.717) is 17.9 Å². The molecule has 0 saturated carbocycles. The number of methoxy groups -OCH3 is 1. The molecular weight excluding hydrogens is 278 g/mol. The molecule has 0 amide bonds. The lowest BCUT2D eigenvalue weighted by Gasteiger charge is -2.13. The van der Waals surface area contributed by atoms with E-state index in [1.165, 1.54) is 13.2 Å². The lowest BCUT2D eigenvalue weighted by molar-refractivity contribution is -0.0504. The molecular formula is C15H16F2N2O2. The summed E-state index contributed by atoms with van der Waals surface area (Å²) >= 11 is 0. The number of ether oxygens (including phenoxy) is 2. The first-order chi connectivity index (χ1) is 10.1. The van der Waals surface area contributed by atoms with Gasteiger partial charge in [-0.25, -0.2) is 0 Å². The van der Waals surface area contributed by atoms with Gasteiger partial charge in [0.05, 0.1) is 7.11 Å². The van der Waals surface area contributed by atoms with Gasteiger partial charge in [0.25, 0.3) is 0 Å². The Bertz CT molecular complexity index is 606. The van der Waals surface area contributed by atoms with Crippen molar-refractivity contribution in [1.29, 1.82) is 0 Å². The van der Waals surface area contributed by atoms with E-state index in [1.807, 2.05) is 13.0 Å². The highest BCUT2D eigenvalue weighted by molar-refractivity contribution is 5.47. The van der Waals surface area contributed by atoms with Crippen molar-refractivity contribution in [3.63, 3.8) is 0 Å². The van der Waals surface area contributed by atoms with Gasteiger partial charge in [-0.05, 0) is 37.3 Å². The summed E-state index contributed by atoms with van der Waals surface area (Å²) in [6.07, 6.45) is 1.68. The van der Waals surface area contributed by atoms with Crippen molar-refractivity contribution in [1.82, 2.24) is 4.98 Å². The number of aromatic nitrogens is 1. The topological polar surface area (TPSA) is 43.4 Å². The molecule has 4 nitrogen and oxygen atoms in total. The van der Waals surface area contributed by atoms with Gasteiger partial charge in [0.2, 0.25) is 0 Å². The van der Waals surface area contributed by atoms with Crippen LogP contribution in [0.2, 0.25) is 0 Å². The summed E-state index contributed by atoms with van der Waals surface area (Å²) in [7, 11) is 1.52. The van der Waals surface area contributed by atoms with Crippen molar-refractivity contribution in [3.05, 3.63) is 47.8 Å². The summed E-state index contributed by atoms with van der Waals surface area (Å²) in [5.41, 5.74) is 2.31. The van der Waals surface area contributed by atoms with Gasteiger partial charge < -0.3 is 14.8 Å². The molecule has 112 valence electrons. The second kappa shape index (κ2) is 6.88. The Morgan fingerprint density at radius 1 is 1.24 bits per heavy atom. The van der Waals surface area contributed by atoms with E-state index in [9.17, 15) is 8.78 Å². The van der Waals surface area contributed by atoms with E-state index in [2.05, 4.69) is 15.0 Å². The Kier molecular flexibility index (Phi) is 4.92. The third-order valence-electron chi connectivity index (χ3n) is 2.86. The number of pyridine rings is 1. The van der Waals surface area contributed by atoms with Crippen LogP contribution in [0.25, 0.3) is 0 Å². The second-order valence-electron chi connectivity index (χ2n) is 4.39. The van der Waals surface area contributed by atoms with Gasteiger partial charge in [0.1, 0.15) is 11.5 Å². The first-order valence-electron chi connectivity index (χ1n) is 6.36. The van der Waals surface area contributed by atoms with Crippen molar-refractivity contribution in [2.45, 2.75) is 20.1 Å². The predicted molar refractivity (Wildman–Crippen MR) is 75.9 cm³/mol. The number of anilines is 1. The zero-order chi connectivity index (χ0) is 15.2. The van der Waals surface area contributed by atoms with Crippen molar-refractivity contribution in [2.75, 3.05) is 12.4 Å². The average molecular weight is 294 g/mol. The average Bonchev–Trinajstić information content (AvgIpc) is 2.46. The highest BCUT2D eigenvalue weighted by Gasteiger charge is 2.11. The van der Waals surface area contributed by atoms with Gasteiger partial charge in [0.15, 0.2) is 0 Å². The lowest BCUT2D eigenvalue weighted by Crippen LogP contribution is -2.07. The summed E-state index contributed by atoms with van der Waals surface area (Å²) in [6, 6.07) is 8.39. The molecule has 0 aliphatic rings. The maximum absolute atomic E-state index is 12.4. The molecule has 0 atom stereocenters. The Morgan fingerprint density at radius 3 is 2.71 bits per heavy atom. The summed E-state index contributed by atoms with van der Waals surface area (Å²) in [5.74, 6) is 0.711. The third kappa shape index (κ3) is 4.30. The van der Waals surface area contributed by atoms with E-state index in [1.54, 1.807) is 24.4 Å². The van der Waals surface area contributed by atoms with Gasteiger partial charge in [-0.15, -0.1) is 0 Å². The fourth-order valence-corrected chi connectivity index (χ4v) is 1.88. The molecule has 0 aliphatic carbocycles. The van der Waals surface area contributed by atoms with Crippen molar-refractivity contribution < 1.29 is 18.3 Å². The second-order valence-corrected chi connectivity index (χ2v) is 4.39. The number of nitrogens with zero attached hydrogens (tertiary/aromatic N) is 1. The molecule has 0 saturated heterocycles. The number of alkyl halides is 2. The smallest absolute Gasteiger partial charge is 0.387 e. The van der Waals surface area contributed by atoms with Crippen LogP contribution in [0.15, 0.2) is 36.5 Å². The molecule has 1 aromatic heterocycles. The van der Waals surface area contributed by atoms with E-state index in [4.69, 9.17) is 4.74 Å². The van der Waals surface area contributed by atoms with Crippen LogP contribution in [0.3, 0.4) is 0 Å². The normalized spacial score (nSPS) is 10.5. The first-order valence-corrected chi connectivity index (χ1v) is 6.36. The fourth-order valence-electron chi connectivity index (χ4n) is 1.88. The fraction of sp³-hybridized carbons (Fsp3) is 0.267. The Morgan fingerprint density at radius 2 is 2.05 bits per heavy atom. The largest absolute Gasteiger partial charge is 0.497 e. The molecule has 0 bridgehead atoms. The molecule has 1 aromatic carbocycles. The van der Waals surface area contributed by atoms with Gasteiger partial charge in [0, 0.05) is 29.7 Å². The Hall–Kier alpha value is -2.37. The van der Waals surface area contributed by atoms with Crippen LogP contribution in [0.5, 0.6) is 11.5 Å². The summed E-state index contributed by atoms with van der Waals surface area (Å²) in [6.45, 7) is -0.648. The van der Waals surface area contributed by atoms with Crippen LogP contribution in [0, 0.1) is 6.92 Å². The van der Waals surface area contributed by atoms with E-state index < -0.39 is 6.61 Å². The maximum Gasteiger partial charge on any atom is 0.387 e. The predicted octanol–water partition coefficient (Wildman–Crippen LogP) is 3.61. The minimum Gasteiger partial charge on any atom is -0.497 e. The van der Waals surface area contributed by atoms with E-state index >= 15 is 0 Å². The highest BCUT2D eigenvalue weighted by atomic mass is 19.3. The SMILES string of the molecule is COc1ccc(OC(F)F)c(CNc2ccnc(C)c2)c1. The molecule has 0 aliphatic heterocycles. The zero-order valence-corrected chi connectivity index (χ0v) is 11.8. The number of rotatable bonds is 6. The highest BCUT2D eigenvalue weighted by Crippen LogP contribution is 2.26. The maximum atomic E-state index is 12.4. The summed E-state index contributed by atoms with van der Waals surface area (Å²) in [4.78, 5) is 4.10. The Labute approximate surface area is 121 Å². The molecule has 1 heterocycles. The number of nitrogens with one attached hydrogen (secondary N) is 1. The number of hydrogen-bond acceptors (Lipinski definition) is 4.